The van der Waals surface area contributed by atoms with E-state index in [2.05, 4.69) is 0 Å². The van der Waals surface area contributed by atoms with E-state index in [1.54, 1.807) is 48.5 Å². The highest BCUT2D eigenvalue weighted by molar-refractivity contribution is 6.05. The van der Waals surface area contributed by atoms with Crippen LogP contribution in [0.3, 0.4) is 0 Å². The summed E-state index contributed by atoms with van der Waals surface area (Å²) in [6, 6.07) is 26.1. The molecule has 0 saturated heterocycles. The third-order valence-corrected chi connectivity index (χ3v) is 6.31. The molecule has 0 aromatic heterocycles. The highest BCUT2D eigenvalue weighted by Gasteiger charge is 2.27. The summed E-state index contributed by atoms with van der Waals surface area (Å²) in [7, 11) is 0. The Balaban J connectivity index is 1.96. The summed E-state index contributed by atoms with van der Waals surface area (Å²) in [5, 5.41) is 43.1. The van der Waals surface area contributed by atoms with Crippen molar-refractivity contribution >= 4 is 33.5 Å². The zero-order valence-corrected chi connectivity index (χ0v) is 18.3. The van der Waals surface area contributed by atoms with Gasteiger partial charge in [-0.2, -0.15) is 0 Å². The Morgan fingerprint density at radius 2 is 0.914 bits per heavy atom. The Labute approximate surface area is 200 Å². The van der Waals surface area contributed by atoms with Crippen molar-refractivity contribution in [3.05, 3.63) is 119 Å². The number of phenols is 2. The van der Waals surface area contributed by atoms with E-state index in [4.69, 9.17) is 0 Å². The van der Waals surface area contributed by atoms with Crippen LogP contribution in [0.2, 0.25) is 0 Å². The summed E-state index contributed by atoms with van der Waals surface area (Å²) in [4.78, 5) is 24.1. The largest absolute Gasteiger partial charge is 0.506 e. The number of carboxylic acids is 2. The normalized spacial score (nSPS) is 11.2. The molecule has 5 rings (SSSR count). The van der Waals surface area contributed by atoms with Crippen molar-refractivity contribution in [2.45, 2.75) is 5.92 Å². The monoisotopic (exact) mass is 464 g/mol. The number of carboxylic acid groups (broad SMARTS) is 2. The molecule has 0 aliphatic carbocycles. The number of carbonyl (C=O) groups is 2. The van der Waals surface area contributed by atoms with Crippen LogP contribution >= 0.6 is 0 Å². The second-order valence-corrected chi connectivity index (χ2v) is 8.27. The molecule has 0 atom stereocenters. The molecule has 172 valence electrons. The molecule has 0 unspecified atom stereocenters. The molecule has 0 amide bonds. The first kappa shape index (κ1) is 22.0. The predicted molar refractivity (Wildman–Crippen MR) is 133 cm³/mol. The van der Waals surface area contributed by atoms with Crippen LogP contribution in [-0.4, -0.2) is 32.4 Å². The Morgan fingerprint density at radius 1 is 0.543 bits per heavy atom. The summed E-state index contributed by atoms with van der Waals surface area (Å²) in [6.07, 6.45) is 0. The van der Waals surface area contributed by atoms with Gasteiger partial charge in [-0.15, -0.1) is 0 Å². The first-order valence-electron chi connectivity index (χ1n) is 10.9. The number of fused-ring (bicyclic) bond motifs is 2. The van der Waals surface area contributed by atoms with Crippen molar-refractivity contribution in [2.24, 2.45) is 0 Å². The summed E-state index contributed by atoms with van der Waals surface area (Å²) in [5.41, 5.74) is 1.48. The molecule has 0 bridgehead atoms. The number of benzene rings is 5. The second-order valence-electron chi connectivity index (χ2n) is 8.27. The predicted octanol–water partition coefficient (Wildman–Crippen LogP) is 5.98. The molecule has 35 heavy (non-hydrogen) atoms. The van der Waals surface area contributed by atoms with Crippen LogP contribution in [-0.2, 0) is 0 Å². The Kier molecular flexibility index (Phi) is 5.34. The number of aromatic carboxylic acids is 2. The minimum absolute atomic E-state index is 0.249. The Bertz CT molecular complexity index is 1520. The van der Waals surface area contributed by atoms with Gasteiger partial charge in [0.05, 0.1) is 0 Å². The van der Waals surface area contributed by atoms with Crippen LogP contribution in [0.15, 0.2) is 91.0 Å². The number of hydrogen-bond donors (Lipinski definition) is 4. The van der Waals surface area contributed by atoms with Gasteiger partial charge in [0.15, 0.2) is 0 Å². The van der Waals surface area contributed by atoms with E-state index < -0.39 is 17.9 Å². The highest BCUT2D eigenvalue weighted by atomic mass is 16.4. The molecule has 0 heterocycles. The van der Waals surface area contributed by atoms with E-state index >= 15 is 0 Å². The highest BCUT2D eigenvalue weighted by Crippen LogP contribution is 2.44. The van der Waals surface area contributed by atoms with Crippen molar-refractivity contribution in [1.82, 2.24) is 0 Å². The molecule has 4 N–H and O–H groups in total. The van der Waals surface area contributed by atoms with E-state index in [-0.39, 0.29) is 22.6 Å². The maximum Gasteiger partial charge on any atom is 0.339 e. The fourth-order valence-corrected chi connectivity index (χ4v) is 4.75. The molecule has 0 aliphatic rings. The van der Waals surface area contributed by atoms with Gasteiger partial charge in [-0.1, -0.05) is 78.9 Å². The van der Waals surface area contributed by atoms with E-state index in [0.717, 1.165) is 5.56 Å². The molecule has 0 aliphatic heterocycles. The van der Waals surface area contributed by atoms with Crippen LogP contribution in [0, 0.1) is 0 Å². The van der Waals surface area contributed by atoms with Gasteiger partial charge in [-0.25, -0.2) is 9.59 Å². The van der Waals surface area contributed by atoms with Gasteiger partial charge in [0.25, 0.3) is 0 Å². The number of hydrogen-bond acceptors (Lipinski definition) is 4. The first-order chi connectivity index (χ1) is 16.9. The Morgan fingerprint density at radius 3 is 1.31 bits per heavy atom. The van der Waals surface area contributed by atoms with Crippen molar-refractivity contribution in [3.63, 3.8) is 0 Å². The van der Waals surface area contributed by atoms with E-state index in [0.29, 0.717) is 32.7 Å². The average Bonchev–Trinajstić information content (AvgIpc) is 2.87. The van der Waals surface area contributed by atoms with Gasteiger partial charge < -0.3 is 20.4 Å². The van der Waals surface area contributed by atoms with Crippen LogP contribution in [0.4, 0.5) is 0 Å². The van der Waals surface area contributed by atoms with Crippen LogP contribution < -0.4 is 0 Å². The lowest BCUT2D eigenvalue weighted by atomic mass is 9.79. The van der Waals surface area contributed by atoms with Crippen molar-refractivity contribution < 1.29 is 30.0 Å². The van der Waals surface area contributed by atoms with Crippen molar-refractivity contribution in [2.75, 3.05) is 0 Å². The van der Waals surface area contributed by atoms with Gasteiger partial charge in [-0.3, -0.25) is 0 Å². The number of aromatic hydroxyl groups is 2. The maximum atomic E-state index is 12.0. The van der Waals surface area contributed by atoms with Gasteiger partial charge in [-0.05, 0) is 39.6 Å². The molecule has 0 radical (unpaired) electrons. The van der Waals surface area contributed by atoms with Gasteiger partial charge in [0, 0.05) is 16.7 Å². The van der Waals surface area contributed by atoms with Gasteiger partial charge >= 0.3 is 11.9 Å². The zero-order chi connectivity index (χ0) is 24.7. The summed E-state index contributed by atoms with van der Waals surface area (Å²) in [6.45, 7) is 0. The van der Waals surface area contributed by atoms with Crippen molar-refractivity contribution in [3.8, 4) is 11.5 Å². The molecule has 6 heteroatoms. The molecule has 0 saturated carbocycles. The molecule has 0 fully saturated rings. The average molecular weight is 464 g/mol. The quantitative estimate of drug-likeness (QED) is 0.238. The SMILES string of the molecule is O=C(O)c1cc(C(c2ccccc2)c2cc(C(=O)O)c(O)c3ccccc23)c2ccccc2c1O. The third-order valence-electron chi connectivity index (χ3n) is 6.31. The van der Waals surface area contributed by atoms with Gasteiger partial charge in [0.1, 0.15) is 22.6 Å². The Hall–Kier alpha value is -4.84. The molecule has 5 aromatic carbocycles. The van der Waals surface area contributed by atoms with Crippen LogP contribution in [0.1, 0.15) is 43.3 Å². The third kappa shape index (κ3) is 3.61. The first-order valence-corrected chi connectivity index (χ1v) is 10.9. The fourth-order valence-electron chi connectivity index (χ4n) is 4.75. The maximum absolute atomic E-state index is 12.0. The van der Waals surface area contributed by atoms with Crippen LogP contribution in [0.25, 0.3) is 21.5 Å². The van der Waals surface area contributed by atoms with E-state index in [1.165, 1.54) is 12.1 Å². The molecule has 0 spiro atoms. The molecular formula is C29H20O6. The van der Waals surface area contributed by atoms with Crippen LogP contribution in [0.5, 0.6) is 11.5 Å². The zero-order valence-electron chi connectivity index (χ0n) is 18.3. The summed E-state index contributed by atoms with van der Waals surface area (Å²) < 4.78 is 0. The minimum atomic E-state index is -1.27. The summed E-state index contributed by atoms with van der Waals surface area (Å²) in [5.74, 6) is -3.80. The standard InChI is InChI=1S/C29H20O6/c30-26-19-12-6-4-10-17(19)21(14-23(26)28(32)33)25(16-8-2-1-3-9-16)22-15-24(29(34)35)27(31)20-13-7-5-11-18(20)22/h1-15,25,30-31H,(H,32,33)(H,34,35). The van der Waals surface area contributed by atoms with Crippen molar-refractivity contribution in [1.29, 1.82) is 0 Å². The molecular weight excluding hydrogens is 444 g/mol. The summed E-state index contributed by atoms with van der Waals surface area (Å²) >= 11 is 0. The molecule has 5 aromatic rings. The van der Waals surface area contributed by atoms with E-state index in [9.17, 15) is 30.0 Å². The number of rotatable bonds is 5. The molecule has 6 nitrogen and oxygen atoms in total. The second kappa shape index (κ2) is 8.50. The lowest BCUT2D eigenvalue weighted by Crippen LogP contribution is -2.09. The van der Waals surface area contributed by atoms with E-state index in [1.807, 2.05) is 30.3 Å². The lowest BCUT2D eigenvalue weighted by molar-refractivity contribution is 0.0682. The van der Waals surface area contributed by atoms with Gasteiger partial charge in [0.2, 0.25) is 0 Å². The smallest absolute Gasteiger partial charge is 0.339 e. The minimum Gasteiger partial charge on any atom is -0.506 e. The topological polar surface area (TPSA) is 115 Å². The lowest BCUT2D eigenvalue weighted by Gasteiger charge is -2.24. The fraction of sp³-hybridized carbons (Fsp3) is 0.0345.